The highest BCUT2D eigenvalue weighted by Gasteiger charge is 2.42. The monoisotopic (exact) mass is 524 g/mol. The highest BCUT2D eigenvalue weighted by atomic mass is 79.9. The topological polar surface area (TPSA) is 79.2 Å². The largest absolute Gasteiger partial charge is 0.469 e. The molecule has 1 aliphatic carbocycles. The molecule has 0 radical (unpaired) electrons. The molecular weight excluding hydrogens is 508 g/mol. The van der Waals surface area contributed by atoms with Crippen LogP contribution in [0.5, 0.6) is 0 Å². The highest BCUT2D eigenvalue weighted by Crippen LogP contribution is 2.40. The van der Waals surface area contributed by atoms with E-state index in [2.05, 4.69) is 21.2 Å². The third kappa shape index (κ3) is 5.25. The summed E-state index contributed by atoms with van der Waals surface area (Å²) >= 11 is 3.27. The van der Waals surface area contributed by atoms with Crippen LogP contribution in [0.25, 0.3) is 0 Å². The van der Waals surface area contributed by atoms with Crippen LogP contribution in [-0.4, -0.2) is 19.0 Å². The Labute approximate surface area is 195 Å². The van der Waals surface area contributed by atoms with Crippen molar-refractivity contribution in [3.8, 4) is 6.07 Å². The molecule has 0 fully saturated rings. The predicted molar refractivity (Wildman–Crippen MR) is 114 cm³/mol. The lowest BCUT2D eigenvalue weighted by atomic mass is 9.72. The molecule has 33 heavy (non-hydrogen) atoms. The van der Waals surface area contributed by atoms with Crippen molar-refractivity contribution in [1.29, 1.82) is 5.26 Å². The van der Waals surface area contributed by atoms with E-state index in [1.165, 1.54) is 7.11 Å². The number of hydrogen-bond donors (Lipinski definition) is 1. The Morgan fingerprint density at radius 2 is 1.94 bits per heavy atom. The maximum Gasteiger partial charge on any atom is 0.416 e. The van der Waals surface area contributed by atoms with Crippen molar-refractivity contribution in [3.05, 3.63) is 75.5 Å². The number of alkyl halides is 3. The Balaban J connectivity index is 1.92. The molecule has 0 saturated carbocycles. The van der Waals surface area contributed by atoms with Gasteiger partial charge in [-0.1, -0.05) is 18.2 Å². The molecular formula is C23H17BrF4N2O3. The lowest BCUT2D eigenvalue weighted by Crippen LogP contribution is -2.39. The fraction of sp³-hybridized carbons (Fsp3) is 0.261. The number of rotatable bonds is 4. The molecule has 1 amide bonds. The standard InChI is InChI=1S/C23H17BrF4N2O3/c1-33-22(32)20-15(12-5-7-17(24)13(9-12)11-29)3-2-4-16(20)21(31)30-19-8-6-14(10-18(19)25)23(26,27)28/h2-3,5-10,15-16,20H,4H2,1H3,(H,30,31)/t15-,16-,20-/m0/s1. The van der Waals surface area contributed by atoms with Crippen LogP contribution in [0.2, 0.25) is 0 Å². The molecule has 0 spiro atoms. The zero-order valence-electron chi connectivity index (χ0n) is 17.1. The number of benzene rings is 2. The van der Waals surface area contributed by atoms with Gasteiger partial charge in [0, 0.05) is 10.4 Å². The number of nitriles is 1. The van der Waals surface area contributed by atoms with Gasteiger partial charge in [-0.15, -0.1) is 0 Å². The molecule has 2 aromatic carbocycles. The van der Waals surface area contributed by atoms with E-state index < -0.39 is 52.9 Å². The number of allylic oxidation sites excluding steroid dienone is 2. The number of ether oxygens (including phenoxy) is 1. The summed E-state index contributed by atoms with van der Waals surface area (Å²) in [5.74, 6) is -5.26. The smallest absolute Gasteiger partial charge is 0.416 e. The number of nitrogens with one attached hydrogen (secondary N) is 1. The fourth-order valence-corrected chi connectivity index (χ4v) is 4.11. The number of hydrogen-bond acceptors (Lipinski definition) is 4. The van der Waals surface area contributed by atoms with Gasteiger partial charge < -0.3 is 10.1 Å². The molecule has 0 heterocycles. The summed E-state index contributed by atoms with van der Waals surface area (Å²) in [5, 5.41) is 11.6. The van der Waals surface area contributed by atoms with E-state index in [-0.39, 0.29) is 6.42 Å². The minimum atomic E-state index is -4.73. The third-order valence-electron chi connectivity index (χ3n) is 5.41. The van der Waals surface area contributed by atoms with Crippen LogP contribution in [0.3, 0.4) is 0 Å². The van der Waals surface area contributed by atoms with Crippen LogP contribution in [0.4, 0.5) is 23.2 Å². The molecule has 0 saturated heterocycles. The van der Waals surface area contributed by atoms with Gasteiger partial charge in [-0.3, -0.25) is 9.59 Å². The predicted octanol–water partition coefficient (Wildman–Crippen LogP) is 5.57. The first-order chi connectivity index (χ1) is 15.6. The van der Waals surface area contributed by atoms with Crippen LogP contribution in [0, 0.1) is 29.0 Å². The summed E-state index contributed by atoms with van der Waals surface area (Å²) in [6.07, 6.45) is -1.18. The molecule has 3 atom stereocenters. The number of anilines is 1. The van der Waals surface area contributed by atoms with Crippen molar-refractivity contribution < 1.29 is 31.9 Å². The summed E-state index contributed by atoms with van der Waals surface area (Å²) in [6.45, 7) is 0. The molecule has 5 nitrogen and oxygen atoms in total. The number of carbonyl (C=O) groups is 2. The fourth-order valence-electron chi connectivity index (χ4n) is 3.78. The van der Waals surface area contributed by atoms with Crippen LogP contribution < -0.4 is 5.32 Å². The van der Waals surface area contributed by atoms with Gasteiger partial charge in [0.2, 0.25) is 5.91 Å². The van der Waals surface area contributed by atoms with E-state index in [0.29, 0.717) is 27.7 Å². The number of methoxy groups -OCH3 is 1. The Morgan fingerprint density at radius 3 is 2.55 bits per heavy atom. The van der Waals surface area contributed by atoms with Gasteiger partial charge in [-0.2, -0.15) is 18.4 Å². The lowest BCUT2D eigenvalue weighted by molar-refractivity contribution is -0.150. The normalized spacial score (nSPS) is 20.1. The van der Waals surface area contributed by atoms with Crippen LogP contribution in [0.15, 0.2) is 53.0 Å². The van der Waals surface area contributed by atoms with Crippen molar-refractivity contribution in [2.45, 2.75) is 18.5 Å². The molecule has 10 heteroatoms. The number of amides is 1. The highest BCUT2D eigenvalue weighted by molar-refractivity contribution is 9.10. The Bertz CT molecular complexity index is 1160. The maximum atomic E-state index is 14.2. The van der Waals surface area contributed by atoms with Gasteiger partial charge in [0.15, 0.2) is 0 Å². The van der Waals surface area contributed by atoms with Crippen molar-refractivity contribution in [2.75, 3.05) is 12.4 Å². The van der Waals surface area contributed by atoms with Crippen molar-refractivity contribution >= 4 is 33.5 Å². The molecule has 2 aromatic rings. The first-order valence-electron chi connectivity index (χ1n) is 9.68. The molecule has 0 unspecified atom stereocenters. The van der Waals surface area contributed by atoms with E-state index in [1.807, 2.05) is 6.07 Å². The third-order valence-corrected chi connectivity index (χ3v) is 6.11. The summed E-state index contributed by atoms with van der Waals surface area (Å²) in [7, 11) is 1.17. The van der Waals surface area contributed by atoms with Gasteiger partial charge in [-0.25, -0.2) is 4.39 Å². The van der Waals surface area contributed by atoms with Crippen LogP contribution in [0.1, 0.15) is 29.0 Å². The zero-order chi connectivity index (χ0) is 24.3. The van der Waals surface area contributed by atoms with E-state index in [4.69, 9.17) is 4.74 Å². The molecule has 0 aromatic heterocycles. The van der Waals surface area contributed by atoms with Crippen LogP contribution >= 0.6 is 15.9 Å². The molecule has 172 valence electrons. The van der Waals surface area contributed by atoms with Gasteiger partial charge >= 0.3 is 12.1 Å². The second-order valence-corrected chi connectivity index (χ2v) is 8.23. The molecule has 0 aliphatic heterocycles. The lowest BCUT2D eigenvalue weighted by Gasteiger charge is -2.32. The Kier molecular flexibility index (Phi) is 7.22. The average Bonchev–Trinajstić information content (AvgIpc) is 2.79. The minimum absolute atomic E-state index is 0.131. The molecule has 3 rings (SSSR count). The molecule has 1 aliphatic rings. The minimum Gasteiger partial charge on any atom is -0.469 e. The van der Waals surface area contributed by atoms with E-state index in [9.17, 15) is 32.4 Å². The zero-order valence-corrected chi connectivity index (χ0v) is 18.7. The summed E-state index contributed by atoms with van der Waals surface area (Å²) in [4.78, 5) is 25.6. The van der Waals surface area contributed by atoms with E-state index in [1.54, 1.807) is 30.4 Å². The Morgan fingerprint density at radius 1 is 1.21 bits per heavy atom. The number of nitrogens with zero attached hydrogens (tertiary/aromatic N) is 1. The first-order valence-corrected chi connectivity index (χ1v) is 10.5. The van der Waals surface area contributed by atoms with E-state index >= 15 is 0 Å². The van der Waals surface area contributed by atoms with Gasteiger partial charge in [0.25, 0.3) is 0 Å². The van der Waals surface area contributed by atoms with Gasteiger partial charge in [0.1, 0.15) is 11.9 Å². The van der Waals surface area contributed by atoms with Gasteiger partial charge in [0.05, 0.1) is 35.8 Å². The number of halogens is 5. The number of carbonyl (C=O) groups excluding carboxylic acids is 2. The second kappa shape index (κ2) is 9.75. The molecule has 1 N–H and O–H groups in total. The summed E-state index contributed by atoms with van der Waals surface area (Å²) < 4.78 is 58.0. The summed E-state index contributed by atoms with van der Waals surface area (Å²) in [6, 6.07) is 8.75. The molecule has 0 bridgehead atoms. The van der Waals surface area contributed by atoms with Crippen LogP contribution in [-0.2, 0) is 20.5 Å². The number of esters is 1. The van der Waals surface area contributed by atoms with Crippen molar-refractivity contribution in [2.24, 2.45) is 11.8 Å². The Hall–Kier alpha value is -3.19. The van der Waals surface area contributed by atoms with Gasteiger partial charge in [-0.05, 0) is 58.2 Å². The maximum absolute atomic E-state index is 14.2. The first kappa shape index (κ1) is 24.5. The SMILES string of the molecule is COC(=O)[C@@H]1[C@@H](C(=O)Nc2ccc(C(F)(F)F)cc2F)CC=C[C@H]1c1ccc(Br)c(C#N)c1. The van der Waals surface area contributed by atoms with Crippen molar-refractivity contribution in [3.63, 3.8) is 0 Å². The second-order valence-electron chi connectivity index (χ2n) is 7.38. The average molecular weight is 525 g/mol. The van der Waals surface area contributed by atoms with Crippen molar-refractivity contribution in [1.82, 2.24) is 0 Å². The quantitative estimate of drug-likeness (QED) is 0.322. The summed E-state index contributed by atoms with van der Waals surface area (Å²) in [5.41, 5.74) is -0.685. The van der Waals surface area contributed by atoms with E-state index in [0.717, 1.165) is 6.07 Å².